The Morgan fingerprint density at radius 1 is 1.65 bits per heavy atom. The number of ether oxygens (including phenoxy) is 1. The number of aryl methyl sites for hydroxylation is 1. The molecule has 1 aliphatic rings. The second kappa shape index (κ2) is 6.68. The first-order valence-electron chi connectivity index (χ1n) is 7.36. The van der Waals surface area contributed by atoms with Crippen LogP contribution in [0.15, 0.2) is 5.38 Å². The first-order chi connectivity index (χ1) is 9.55. The van der Waals surface area contributed by atoms with E-state index in [0.29, 0.717) is 18.9 Å². The minimum absolute atomic E-state index is 0.140. The maximum Gasteiger partial charge on any atom is 0.303 e. The van der Waals surface area contributed by atoms with E-state index in [9.17, 15) is 4.79 Å². The van der Waals surface area contributed by atoms with E-state index in [1.54, 1.807) is 11.3 Å². The number of carboxylic acid groups (broad SMARTS) is 1. The summed E-state index contributed by atoms with van der Waals surface area (Å²) < 4.78 is 6.10. The molecule has 0 spiro atoms. The van der Waals surface area contributed by atoms with Crippen molar-refractivity contribution < 1.29 is 14.6 Å². The second-order valence-corrected chi connectivity index (χ2v) is 6.52. The zero-order valence-electron chi connectivity index (χ0n) is 12.2. The fraction of sp³-hybridized carbons (Fsp3) is 0.733. The summed E-state index contributed by atoms with van der Waals surface area (Å²) in [5.74, 6) is -0.118. The van der Waals surface area contributed by atoms with Crippen LogP contribution in [0.3, 0.4) is 0 Å². The highest BCUT2D eigenvalue weighted by atomic mass is 32.1. The summed E-state index contributed by atoms with van der Waals surface area (Å²) in [6.45, 7) is 4.99. The predicted molar refractivity (Wildman–Crippen MR) is 79.0 cm³/mol. The van der Waals surface area contributed by atoms with Crippen molar-refractivity contribution in [2.45, 2.75) is 58.0 Å². The van der Waals surface area contributed by atoms with Gasteiger partial charge in [0.25, 0.3) is 0 Å². The Bertz CT molecular complexity index is 456. The van der Waals surface area contributed by atoms with Crippen LogP contribution in [0.2, 0.25) is 0 Å². The summed E-state index contributed by atoms with van der Waals surface area (Å²) >= 11 is 1.62. The SMILES string of the molecule is CCOC1(c2nc(CCC(=O)O)cs2)CCCC(C)C1. The molecule has 0 amide bonds. The van der Waals surface area contributed by atoms with Crippen LogP contribution in [0.25, 0.3) is 0 Å². The summed E-state index contributed by atoms with van der Waals surface area (Å²) in [5.41, 5.74) is 0.642. The van der Waals surface area contributed by atoms with Crippen molar-refractivity contribution in [3.63, 3.8) is 0 Å². The van der Waals surface area contributed by atoms with E-state index in [1.807, 2.05) is 12.3 Å². The minimum Gasteiger partial charge on any atom is -0.481 e. The van der Waals surface area contributed by atoms with E-state index < -0.39 is 5.97 Å². The van der Waals surface area contributed by atoms with Crippen molar-refractivity contribution in [3.05, 3.63) is 16.1 Å². The highest BCUT2D eigenvalue weighted by molar-refractivity contribution is 7.09. The molecule has 0 bridgehead atoms. The Hall–Kier alpha value is -0.940. The molecule has 0 aromatic carbocycles. The number of hydrogen-bond acceptors (Lipinski definition) is 4. The minimum atomic E-state index is -0.773. The lowest BCUT2D eigenvalue weighted by molar-refractivity contribution is -0.136. The Morgan fingerprint density at radius 3 is 3.10 bits per heavy atom. The van der Waals surface area contributed by atoms with Crippen LogP contribution in [-0.4, -0.2) is 22.7 Å². The fourth-order valence-electron chi connectivity index (χ4n) is 3.03. The smallest absolute Gasteiger partial charge is 0.303 e. The van der Waals surface area contributed by atoms with Crippen molar-refractivity contribution in [1.29, 1.82) is 0 Å². The maximum atomic E-state index is 10.6. The molecule has 2 rings (SSSR count). The molecule has 1 heterocycles. The Morgan fingerprint density at radius 2 is 2.45 bits per heavy atom. The number of nitrogens with zero attached hydrogens (tertiary/aromatic N) is 1. The number of carboxylic acids is 1. The van der Waals surface area contributed by atoms with Crippen LogP contribution in [0.4, 0.5) is 0 Å². The van der Waals surface area contributed by atoms with E-state index in [-0.39, 0.29) is 12.0 Å². The maximum absolute atomic E-state index is 10.6. The van der Waals surface area contributed by atoms with E-state index in [4.69, 9.17) is 9.84 Å². The second-order valence-electron chi connectivity index (χ2n) is 5.67. The molecule has 0 aliphatic heterocycles. The number of rotatable bonds is 6. The summed E-state index contributed by atoms with van der Waals surface area (Å²) in [6.07, 6.45) is 5.12. The number of thiazole rings is 1. The number of hydrogen-bond donors (Lipinski definition) is 1. The van der Waals surface area contributed by atoms with E-state index in [0.717, 1.165) is 23.5 Å². The molecule has 0 saturated heterocycles. The van der Waals surface area contributed by atoms with Crippen LogP contribution >= 0.6 is 11.3 Å². The lowest BCUT2D eigenvalue weighted by Gasteiger charge is -2.38. The van der Waals surface area contributed by atoms with E-state index in [2.05, 4.69) is 11.9 Å². The highest BCUT2D eigenvalue weighted by Crippen LogP contribution is 2.44. The zero-order valence-corrected chi connectivity index (χ0v) is 13.0. The van der Waals surface area contributed by atoms with Gasteiger partial charge in [0.05, 0.1) is 12.1 Å². The molecule has 1 aromatic heterocycles. The monoisotopic (exact) mass is 297 g/mol. The zero-order chi connectivity index (χ0) is 14.6. The molecule has 5 heteroatoms. The van der Waals surface area contributed by atoms with Gasteiger partial charge in [-0.15, -0.1) is 11.3 Å². The van der Waals surface area contributed by atoms with Gasteiger partial charge in [0.15, 0.2) is 0 Å². The van der Waals surface area contributed by atoms with Gasteiger partial charge in [-0.25, -0.2) is 4.98 Å². The van der Waals surface area contributed by atoms with Gasteiger partial charge in [0.1, 0.15) is 10.6 Å². The number of aromatic nitrogens is 1. The average molecular weight is 297 g/mol. The van der Waals surface area contributed by atoms with Gasteiger partial charge in [-0.3, -0.25) is 4.79 Å². The van der Waals surface area contributed by atoms with Crippen LogP contribution in [0, 0.1) is 5.92 Å². The van der Waals surface area contributed by atoms with Gasteiger partial charge in [-0.1, -0.05) is 13.3 Å². The number of aliphatic carboxylic acids is 1. The first-order valence-corrected chi connectivity index (χ1v) is 8.24. The summed E-state index contributed by atoms with van der Waals surface area (Å²) in [4.78, 5) is 15.3. The van der Waals surface area contributed by atoms with Gasteiger partial charge in [-0.2, -0.15) is 0 Å². The van der Waals surface area contributed by atoms with Crippen molar-refractivity contribution >= 4 is 17.3 Å². The third-order valence-electron chi connectivity index (χ3n) is 3.91. The molecule has 2 unspecified atom stereocenters. The first kappa shape index (κ1) is 15.4. The highest BCUT2D eigenvalue weighted by Gasteiger charge is 2.39. The fourth-order valence-corrected chi connectivity index (χ4v) is 4.08. The Labute approximate surface area is 124 Å². The molecule has 1 N–H and O–H groups in total. The van der Waals surface area contributed by atoms with Gasteiger partial charge in [0.2, 0.25) is 0 Å². The van der Waals surface area contributed by atoms with Crippen LogP contribution < -0.4 is 0 Å². The predicted octanol–water partition coefficient (Wildman–Crippen LogP) is 3.60. The largest absolute Gasteiger partial charge is 0.481 e. The molecule has 0 radical (unpaired) electrons. The van der Waals surface area contributed by atoms with Crippen molar-refractivity contribution in [1.82, 2.24) is 4.98 Å². The normalized spacial score (nSPS) is 26.6. The van der Waals surface area contributed by atoms with Crippen LogP contribution in [0.1, 0.15) is 56.7 Å². The molecule has 4 nitrogen and oxygen atoms in total. The third-order valence-corrected chi connectivity index (χ3v) is 4.99. The van der Waals surface area contributed by atoms with E-state index >= 15 is 0 Å². The van der Waals surface area contributed by atoms with Gasteiger partial charge in [-0.05, 0) is 32.1 Å². The quantitative estimate of drug-likeness (QED) is 0.871. The number of carbonyl (C=O) groups is 1. The van der Waals surface area contributed by atoms with Crippen molar-refractivity contribution in [3.8, 4) is 0 Å². The van der Waals surface area contributed by atoms with Crippen molar-refractivity contribution in [2.75, 3.05) is 6.61 Å². The molecular formula is C15H23NO3S. The lowest BCUT2D eigenvalue weighted by atomic mass is 9.79. The molecular weight excluding hydrogens is 274 g/mol. The Kier molecular flexibility index (Phi) is 5.16. The molecule has 20 heavy (non-hydrogen) atoms. The topological polar surface area (TPSA) is 59.4 Å². The van der Waals surface area contributed by atoms with Crippen molar-refractivity contribution in [2.24, 2.45) is 5.92 Å². The molecule has 112 valence electrons. The summed E-state index contributed by atoms with van der Waals surface area (Å²) in [6, 6.07) is 0. The Balaban J connectivity index is 2.15. The average Bonchev–Trinajstić information content (AvgIpc) is 2.86. The molecule has 1 aromatic rings. The molecule has 2 atom stereocenters. The molecule has 1 fully saturated rings. The third kappa shape index (κ3) is 3.58. The molecule has 1 aliphatic carbocycles. The van der Waals surface area contributed by atoms with Crippen LogP contribution in [0.5, 0.6) is 0 Å². The summed E-state index contributed by atoms with van der Waals surface area (Å²) in [7, 11) is 0. The van der Waals surface area contributed by atoms with E-state index in [1.165, 1.54) is 12.8 Å². The van der Waals surface area contributed by atoms with Gasteiger partial charge < -0.3 is 9.84 Å². The van der Waals surface area contributed by atoms with Crippen LogP contribution in [-0.2, 0) is 21.6 Å². The van der Waals surface area contributed by atoms with Gasteiger partial charge in [0, 0.05) is 18.4 Å². The lowest BCUT2D eigenvalue weighted by Crippen LogP contribution is -2.35. The van der Waals surface area contributed by atoms with Gasteiger partial charge >= 0.3 is 5.97 Å². The molecule has 1 saturated carbocycles. The summed E-state index contributed by atoms with van der Waals surface area (Å²) in [5, 5.41) is 11.8. The standard InChI is InChI=1S/C15H23NO3S/c1-3-19-15(8-4-5-11(2)9-15)14-16-12(10-20-14)6-7-13(17)18/h10-11H,3-9H2,1-2H3,(H,17,18).